The van der Waals surface area contributed by atoms with Crippen LogP contribution in [0, 0.1) is 20.8 Å². The van der Waals surface area contributed by atoms with Crippen LogP contribution >= 0.6 is 0 Å². The molecular weight excluding hydrogens is 386 g/mol. The van der Waals surface area contributed by atoms with E-state index in [0.29, 0.717) is 18.7 Å². The first-order valence-electron chi connectivity index (χ1n) is 9.89. The molecule has 1 amide bonds. The predicted molar refractivity (Wildman–Crippen MR) is 114 cm³/mol. The van der Waals surface area contributed by atoms with Crippen molar-refractivity contribution in [1.29, 1.82) is 0 Å². The van der Waals surface area contributed by atoms with Crippen LogP contribution in [0.1, 0.15) is 22.3 Å². The Bertz CT molecular complexity index is 968. The molecule has 1 heterocycles. The Morgan fingerprint density at radius 1 is 1.00 bits per heavy atom. The maximum atomic E-state index is 13.6. The zero-order valence-corrected chi connectivity index (χ0v) is 18.1. The summed E-state index contributed by atoms with van der Waals surface area (Å²) in [6, 6.07) is 13.0. The molecule has 29 heavy (non-hydrogen) atoms. The third-order valence-corrected chi connectivity index (χ3v) is 7.33. The van der Waals surface area contributed by atoms with Crippen LogP contribution < -0.4 is 5.32 Å². The predicted octanol–water partition coefficient (Wildman–Crippen LogP) is 2.23. The summed E-state index contributed by atoms with van der Waals surface area (Å²) in [4.78, 5) is 14.9. The highest BCUT2D eigenvalue weighted by Gasteiger charge is 2.30. The molecule has 1 fully saturated rings. The average molecular weight is 416 g/mol. The van der Waals surface area contributed by atoms with Crippen molar-refractivity contribution in [2.24, 2.45) is 0 Å². The van der Waals surface area contributed by atoms with E-state index in [1.54, 1.807) is 17.9 Å². The molecule has 2 aromatic rings. The van der Waals surface area contributed by atoms with Gasteiger partial charge in [-0.3, -0.25) is 4.79 Å². The molecule has 0 radical (unpaired) electrons. The molecule has 0 bridgehead atoms. The third kappa shape index (κ3) is 5.04. The summed E-state index contributed by atoms with van der Waals surface area (Å²) in [5.74, 6) is -0.160. The minimum absolute atomic E-state index is 0.160. The van der Waals surface area contributed by atoms with Gasteiger partial charge in [0, 0.05) is 32.7 Å². The van der Waals surface area contributed by atoms with Crippen LogP contribution in [0.15, 0.2) is 47.4 Å². The molecule has 1 aliphatic heterocycles. The molecule has 0 spiro atoms. The third-order valence-electron chi connectivity index (χ3n) is 5.39. The molecule has 3 rings (SSSR count). The van der Waals surface area contributed by atoms with E-state index in [9.17, 15) is 13.2 Å². The van der Waals surface area contributed by atoms with Gasteiger partial charge in [0.1, 0.15) is 0 Å². The molecule has 156 valence electrons. The maximum Gasteiger partial charge on any atom is 0.244 e. The van der Waals surface area contributed by atoms with E-state index in [4.69, 9.17) is 0 Å². The highest BCUT2D eigenvalue weighted by Crippen LogP contribution is 2.25. The molecule has 2 aromatic carbocycles. The van der Waals surface area contributed by atoms with E-state index in [0.717, 1.165) is 29.8 Å². The number of hydrogen-bond donors (Lipinski definition) is 1. The van der Waals surface area contributed by atoms with Crippen molar-refractivity contribution in [2.45, 2.75) is 32.2 Å². The van der Waals surface area contributed by atoms with Gasteiger partial charge in [0.15, 0.2) is 0 Å². The smallest absolute Gasteiger partial charge is 0.244 e. The van der Waals surface area contributed by atoms with Gasteiger partial charge in [-0.05, 0) is 49.1 Å². The number of rotatable bonds is 6. The van der Waals surface area contributed by atoms with Crippen LogP contribution in [0.3, 0.4) is 0 Å². The number of aryl methyl sites for hydroxylation is 3. The van der Waals surface area contributed by atoms with Gasteiger partial charge in [-0.1, -0.05) is 36.4 Å². The molecule has 6 nitrogen and oxygen atoms in total. The van der Waals surface area contributed by atoms with E-state index in [-0.39, 0.29) is 23.9 Å². The lowest BCUT2D eigenvalue weighted by Crippen LogP contribution is -2.50. The van der Waals surface area contributed by atoms with Crippen LogP contribution in [0.5, 0.6) is 0 Å². The zero-order chi connectivity index (χ0) is 21.0. The van der Waals surface area contributed by atoms with Crippen molar-refractivity contribution in [3.63, 3.8) is 0 Å². The van der Waals surface area contributed by atoms with Crippen LogP contribution in [0.25, 0.3) is 0 Å². The number of amides is 1. The Hall–Kier alpha value is -2.22. The van der Waals surface area contributed by atoms with Crippen LogP contribution in [-0.4, -0.2) is 56.3 Å². The van der Waals surface area contributed by atoms with E-state index < -0.39 is 10.0 Å². The van der Waals surface area contributed by atoms with Crippen molar-refractivity contribution in [2.75, 3.05) is 32.7 Å². The van der Waals surface area contributed by atoms with Crippen molar-refractivity contribution >= 4 is 15.9 Å². The molecule has 0 saturated carbocycles. The molecule has 1 aliphatic rings. The Morgan fingerprint density at radius 3 is 2.28 bits per heavy atom. The monoisotopic (exact) mass is 415 g/mol. The largest absolute Gasteiger partial charge is 0.339 e. The molecule has 1 saturated heterocycles. The molecule has 0 unspecified atom stereocenters. The SMILES string of the molecule is Cc1cc(C)c(S(=O)(=O)N(CC(=O)N2CCNCC2)Cc2ccccc2)cc1C. The normalized spacial score (nSPS) is 15.0. The Labute approximate surface area is 173 Å². The van der Waals surface area contributed by atoms with Gasteiger partial charge in [-0.2, -0.15) is 4.31 Å². The minimum atomic E-state index is -3.83. The zero-order valence-electron chi connectivity index (χ0n) is 17.3. The molecule has 7 heteroatoms. The standard InChI is InChI=1S/C22H29N3O3S/c1-17-13-19(3)21(14-18(17)2)29(27,28)25(15-20-7-5-4-6-8-20)16-22(26)24-11-9-23-10-12-24/h4-8,13-14,23H,9-12,15-16H2,1-3H3. The highest BCUT2D eigenvalue weighted by atomic mass is 32.2. The summed E-state index contributed by atoms with van der Waals surface area (Å²) in [7, 11) is -3.83. The quantitative estimate of drug-likeness (QED) is 0.786. The molecule has 0 aliphatic carbocycles. The van der Waals surface area contributed by atoms with Gasteiger partial charge in [-0.25, -0.2) is 8.42 Å². The first kappa shape index (κ1) is 21.5. The Balaban J connectivity index is 1.94. The van der Waals surface area contributed by atoms with Gasteiger partial charge in [0.05, 0.1) is 11.4 Å². The fourth-order valence-corrected chi connectivity index (χ4v) is 5.20. The number of carbonyl (C=O) groups excluding carboxylic acids is 1. The van der Waals surface area contributed by atoms with Crippen molar-refractivity contribution in [3.8, 4) is 0 Å². The Morgan fingerprint density at radius 2 is 1.62 bits per heavy atom. The number of benzene rings is 2. The van der Waals surface area contributed by atoms with Gasteiger partial charge in [0.2, 0.25) is 15.9 Å². The van der Waals surface area contributed by atoms with E-state index >= 15 is 0 Å². The van der Waals surface area contributed by atoms with Crippen molar-refractivity contribution in [3.05, 3.63) is 64.7 Å². The molecule has 0 atom stereocenters. The number of sulfonamides is 1. The number of carbonyl (C=O) groups is 1. The van der Waals surface area contributed by atoms with Crippen LogP contribution in [-0.2, 0) is 21.4 Å². The summed E-state index contributed by atoms with van der Waals surface area (Å²) < 4.78 is 28.5. The van der Waals surface area contributed by atoms with Crippen LogP contribution in [0.4, 0.5) is 0 Å². The lowest BCUT2D eigenvalue weighted by atomic mass is 10.1. The second kappa shape index (κ2) is 9.07. The van der Waals surface area contributed by atoms with Crippen molar-refractivity contribution < 1.29 is 13.2 Å². The maximum absolute atomic E-state index is 13.6. The van der Waals surface area contributed by atoms with E-state index in [1.165, 1.54) is 4.31 Å². The topological polar surface area (TPSA) is 69.7 Å². The second-order valence-electron chi connectivity index (χ2n) is 7.59. The second-order valence-corrected chi connectivity index (χ2v) is 9.50. The highest BCUT2D eigenvalue weighted by molar-refractivity contribution is 7.89. The average Bonchev–Trinajstić information content (AvgIpc) is 2.71. The first-order valence-corrected chi connectivity index (χ1v) is 11.3. The summed E-state index contributed by atoms with van der Waals surface area (Å²) in [5.41, 5.74) is 3.52. The number of piperazine rings is 1. The van der Waals surface area contributed by atoms with Gasteiger partial charge >= 0.3 is 0 Å². The van der Waals surface area contributed by atoms with Gasteiger partial charge in [-0.15, -0.1) is 0 Å². The fraction of sp³-hybridized carbons (Fsp3) is 0.409. The summed E-state index contributed by atoms with van der Waals surface area (Å²) in [6.45, 7) is 8.33. The fourth-order valence-electron chi connectivity index (χ4n) is 3.53. The summed E-state index contributed by atoms with van der Waals surface area (Å²) >= 11 is 0. The Kier molecular flexibility index (Phi) is 6.72. The van der Waals surface area contributed by atoms with E-state index in [1.807, 2.05) is 50.2 Å². The molecule has 0 aromatic heterocycles. The summed E-state index contributed by atoms with van der Waals surface area (Å²) in [6.07, 6.45) is 0. The number of hydrogen-bond acceptors (Lipinski definition) is 4. The molecular formula is C22H29N3O3S. The molecule has 1 N–H and O–H groups in total. The van der Waals surface area contributed by atoms with Gasteiger partial charge < -0.3 is 10.2 Å². The van der Waals surface area contributed by atoms with E-state index in [2.05, 4.69) is 5.32 Å². The van der Waals surface area contributed by atoms with Gasteiger partial charge in [0.25, 0.3) is 0 Å². The number of nitrogens with zero attached hydrogens (tertiary/aromatic N) is 2. The van der Waals surface area contributed by atoms with Crippen molar-refractivity contribution in [1.82, 2.24) is 14.5 Å². The summed E-state index contributed by atoms with van der Waals surface area (Å²) in [5, 5.41) is 3.21. The lowest BCUT2D eigenvalue weighted by molar-refractivity contribution is -0.132. The van der Waals surface area contributed by atoms with Crippen LogP contribution in [0.2, 0.25) is 0 Å². The number of nitrogens with one attached hydrogen (secondary N) is 1. The lowest BCUT2D eigenvalue weighted by Gasteiger charge is -2.30. The minimum Gasteiger partial charge on any atom is -0.339 e. The first-order chi connectivity index (χ1) is 13.8.